The lowest BCUT2D eigenvalue weighted by atomic mass is 9.85. The zero-order valence-corrected chi connectivity index (χ0v) is 11.0. The molecule has 0 N–H and O–H groups in total. The van der Waals surface area contributed by atoms with Crippen molar-refractivity contribution in [2.24, 2.45) is 5.92 Å². The average molecular weight is 267 g/mol. The lowest BCUT2D eigenvalue weighted by Crippen LogP contribution is -2.19. The van der Waals surface area contributed by atoms with Crippen LogP contribution in [0.4, 0.5) is 4.39 Å². The Kier molecular flexibility index (Phi) is 3.25. The minimum absolute atomic E-state index is 0.199. The first kappa shape index (κ1) is 12.0. The van der Waals surface area contributed by atoms with Gasteiger partial charge in [-0.2, -0.15) is 0 Å². The summed E-state index contributed by atoms with van der Waals surface area (Å²) in [5.41, 5.74) is 1.78. The summed E-state index contributed by atoms with van der Waals surface area (Å²) in [4.78, 5) is 4.57. The molecule has 1 aromatic heterocycles. The first-order valence-corrected chi connectivity index (χ1v) is 7.02. The van der Waals surface area contributed by atoms with Gasteiger partial charge in [0.15, 0.2) is 0 Å². The molecule has 4 heteroatoms. The summed E-state index contributed by atoms with van der Waals surface area (Å²) < 4.78 is 15.5. The van der Waals surface area contributed by atoms with Gasteiger partial charge in [-0.3, -0.25) is 0 Å². The summed E-state index contributed by atoms with van der Waals surface area (Å²) in [7, 11) is 0. The van der Waals surface area contributed by atoms with Crippen LogP contribution in [0.2, 0.25) is 0 Å². The third-order valence-corrected chi connectivity index (χ3v) is 3.96. The summed E-state index contributed by atoms with van der Waals surface area (Å²) in [6.07, 6.45) is 4.60. The van der Waals surface area contributed by atoms with E-state index in [9.17, 15) is 4.39 Å². The molecule has 3 rings (SSSR count). The molecule has 0 amide bonds. The van der Waals surface area contributed by atoms with Crippen molar-refractivity contribution in [3.05, 3.63) is 29.8 Å². The topological polar surface area (TPSA) is 17.8 Å². The zero-order valence-electron chi connectivity index (χ0n) is 10.2. The minimum Gasteiger partial charge on any atom is -0.328 e. The standard InChI is InChI=1S/C14H16ClFN2/c15-7-6-14-17-12-5-4-11(16)8-13(12)18(14)9-10-2-1-3-10/h4-5,8,10H,1-3,6-7,9H2. The molecule has 0 bridgehead atoms. The van der Waals surface area contributed by atoms with Gasteiger partial charge in [0.05, 0.1) is 11.0 Å². The molecule has 0 atom stereocenters. The van der Waals surface area contributed by atoms with Crippen molar-refractivity contribution in [1.82, 2.24) is 9.55 Å². The number of hydrogen-bond acceptors (Lipinski definition) is 1. The van der Waals surface area contributed by atoms with Crippen LogP contribution in [0.1, 0.15) is 25.1 Å². The highest BCUT2D eigenvalue weighted by molar-refractivity contribution is 6.17. The lowest BCUT2D eigenvalue weighted by Gasteiger charge is -2.26. The number of aryl methyl sites for hydroxylation is 1. The Balaban J connectivity index is 2.04. The molecule has 0 aliphatic heterocycles. The molecule has 1 saturated carbocycles. The molecule has 2 nitrogen and oxygen atoms in total. The summed E-state index contributed by atoms with van der Waals surface area (Å²) in [5.74, 6) is 2.06. The largest absolute Gasteiger partial charge is 0.328 e. The molecule has 0 unspecified atom stereocenters. The molecule has 0 saturated heterocycles. The fourth-order valence-electron chi connectivity index (χ4n) is 2.56. The van der Waals surface area contributed by atoms with E-state index < -0.39 is 0 Å². The van der Waals surface area contributed by atoms with E-state index in [0.29, 0.717) is 5.88 Å². The van der Waals surface area contributed by atoms with E-state index >= 15 is 0 Å². The van der Waals surface area contributed by atoms with Gasteiger partial charge < -0.3 is 4.57 Å². The Morgan fingerprint density at radius 3 is 2.89 bits per heavy atom. The van der Waals surface area contributed by atoms with Crippen molar-refractivity contribution in [2.45, 2.75) is 32.2 Å². The third kappa shape index (κ3) is 2.12. The fourth-order valence-corrected chi connectivity index (χ4v) is 2.73. The predicted octanol–water partition coefficient (Wildman–Crippen LogP) is 3.76. The zero-order chi connectivity index (χ0) is 12.5. The van der Waals surface area contributed by atoms with Gasteiger partial charge in [0, 0.05) is 18.8 Å². The van der Waals surface area contributed by atoms with E-state index in [0.717, 1.165) is 35.7 Å². The second kappa shape index (κ2) is 4.88. The molecular weight excluding hydrogens is 251 g/mol. The van der Waals surface area contributed by atoms with Crippen molar-refractivity contribution in [3.8, 4) is 0 Å². The quantitative estimate of drug-likeness (QED) is 0.771. The highest BCUT2D eigenvalue weighted by atomic mass is 35.5. The maximum absolute atomic E-state index is 13.4. The van der Waals surface area contributed by atoms with Gasteiger partial charge in [0.25, 0.3) is 0 Å². The number of hydrogen-bond donors (Lipinski definition) is 0. The van der Waals surface area contributed by atoms with Crippen molar-refractivity contribution in [2.75, 3.05) is 5.88 Å². The highest BCUT2D eigenvalue weighted by Gasteiger charge is 2.21. The summed E-state index contributed by atoms with van der Waals surface area (Å²) in [6, 6.07) is 4.80. The van der Waals surface area contributed by atoms with Crippen molar-refractivity contribution in [3.63, 3.8) is 0 Å². The Morgan fingerprint density at radius 1 is 1.39 bits per heavy atom. The monoisotopic (exact) mass is 266 g/mol. The molecule has 1 aromatic carbocycles. The van der Waals surface area contributed by atoms with Crippen LogP contribution in [-0.4, -0.2) is 15.4 Å². The molecule has 18 heavy (non-hydrogen) atoms. The fraction of sp³-hybridized carbons (Fsp3) is 0.500. The number of aromatic nitrogens is 2. The number of halogens is 2. The maximum atomic E-state index is 13.4. The Bertz CT molecular complexity index is 560. The van der Waals surface area contributed by atoms with E-state index in [1.165, 1.54) is 25.3 Å². The molecule has 96 valence electrons. The molecule has 0 radical (unpaired) electrons. The average Bonchev–Trinajstić information content (AvgIpc) is 2.62. The van der Waals surface area contributed by atoms with Gasteiger partial charge in [-0.15, -0.1) is 11.6 Å². The third-order valence-electron chi connectivity index (χ3n) is 3.77. The summed E-state index contributed by atoms with van der Waals surface area (Å²) >= 11 is 5.82. The van der Waals surface area contributed by atoms with Crippen LogP contribution < -0.4 is 0 Å². The number of rotatable bonds is 4. The summed E-state index contributed by atoms with van der Waals surface area (Å²) in [6.45, 7) is 0.951. The van der Waals surface area contributed by atoms with E-state index in [2.05, 4.69) is 9.55 Å². The summed E-state index contributed by atoms with van der Waals surface area (Å²) in [5, 5.41) is 0. The van der Waals surface area contributed by atoms with Crippen LogP contribution in [0.15, 0.2) is 18.2 Å². The Morgan fingerprint density at radius 2 is 2.22 bits per heavy atom. The Hall–Kier alpha value is -1.09. The lowest BCUT2D eigenvalue weighted by molar-refractivity contribution is 0.277. The number of fused-ring (bicyclic) bond motifs is 1. The van der Waals surface area contributed by atoms with Crippen LogP contribution in [0.25, 0.3) is 11.0 Å². The second-order valence-electron chi connectivity index (χ2n) is 5.01. The van der Waals surface area contributed by atoms with Crippen LogP contribution >= 0.6 is 11.6 Å². The molecule has 1 aliphatic rings. The van der Waals surface area contributed by atoms with Gasteiger partial charge in [0.1, 0.15) is 11.6 Å². The minimum atomic E-state index is -0.199. The number of benzene rings is 1. The first-order chi connectivity index (χ1) is 8.78. The molecule has 0 spiro atoms. The second-order valence-corrected chi connectivity index (χ2v) is 5.39. The van der Waals surface area contributed by atoms with Gasteiger partial charge in [-0.1, -0.05) is 6.42 Å². The predicted molar refractivity (Wildman–Crippen MR) is 71.5 cm³/mol. The normalized spacial score (nSPS) is 16.1. The van der Waals surface area contributed by atoms with Crippen LogP contribution in [0.5, 0.6) is 0 Å². The van der Waals surface area contributed by atoms with E-state index in [4.69, 9.17) is 11.6 Å². The van der Waals surface area contributed by atoms with E-state index in [-0.39, 0.29) is 5.82 Å². The van der Waals surface area contributed by atoms with Crippen LogP contribution in [0, 0.1) is 11.7 Å². The Labute approximate surface area is 111 Å². The molecule has 1 heterocycles. The van der Waals surface area contributed by atoms with E-state index in [1.807, 2.05) is 0 Å². The molecule has 1 fully saturated rings. The van der Waals surface area contributed by atoms with Gasteiger partial charge in [-0.25, -0.2) is 9.37 Å². The van der Waals surface area contributed by atoms with Gasteiger partial charge in [-0.05, 0) is 37.0 Å². The van der Waals surface area contributed by atoms with Gasteiger partial charge >= 0.3 is 0 Å². The smallest absolute Gasteiger partial charge is 0.125 e. The van der Waals surface area contributed by atoms with Crippen LogP contribution in [0.3, 0.4) is 0 Å². The first-order valence-electron chi connectivity index (χ1n) is 6.48. The molecule has 1 aliphatic carbocycles. The number of nitrogens with zero attached hydrogens (tertiary/aromatic N) is 2. The van der Waals surface area contributed by atoms with Crippen molar-refractivity contribution >= 4 is 22.6 Å². The highest BCUT2D eigenvalue weighted by Crippen LogP contribution is 2.30. The SMILES string of the molecule is Fc1ccc2nc(CCCl)n(CC3CCC3)c2c1. The van der Waals surface area contributed by atoms with E-state index in [1.54, 1.807) is 12.1 Å². The van der Waals surface area contributed by atoms with Crippen molar-refractivity contribution in [1.29, 1.82) is 0 Å². The molecular formula is C14H16ClFN2. The van der Waals surface area contributed by atoms with Gasteiger partial charge in [0.2, 0.25) is 0 Å². The van der Waals surface area contributed by atoms with Crippen LogP contribution in [-0.2, 0) is 13.0 Å². The number of imidazole rings is 1. The maximum Gasteiger partial charge on any atom is 0.125 e. The number of alkyl halides is 1. The van der Waals surface area contributed by atoms with Crippen molar-refractivity contribution < 1.29 is 4.39 Å². The molecule has 2 aromatic rings.